The van der Waals surface area contributed by atoms with Gasteiger partial charge in [-0.2, -0.15) is 0 Å². The third-order valence-corrected chi connectivity index (χ3v) is 3.69. The summed E-state index contributed by atoms with van der Waals surface area (Å²) in [4.78, 5) is 0. The van der Waals surface area contributed by atoms with Crippen LogP contribution in [0.2, 0.25) is 5.02 Å². The molecule has 1 aromatic rings. The Morgan fingerprint density at radius 2 is 2.29 bits per heavy atom. The fraction of sp³-hybridized carbons (Fsp3) is 0.455. The fourth-order valence-electron chi connectivity index (χ4n) is 2.23. The summed E-state index contributed by atoms with van der Waals surface area (Å²) in [5.41, 5.74) is 8.32. The van der Waals surface area contributed by atoms with Gasteiger partial charge in [-0.1, -0.05) is 27.5 Å². The highest BCUT2D eigenvalue weighted by Gasteiger charge is 2.24. The number of rotatable bonds is 2. The molecule has 1 nitrogen and oxygen atoms in total. The summed E-state index contributed by atoms with van der Waals surface area (Å²) in [6.07, 6.45) is 3.37. The second-order valence-corrected chi connectivity index (χ2v) is 5.09. The van der Waals surface area contributed by atoms with E-state index in [-0.39, 0.29) is 0 Å². The van der Waals surface area contributed by atoms with Crippen LogP contribution in [0.3, 0.4) is 0 Å². The van der Waals surface area contributed by atoms with Crippen LogP contribution in [0.1, 0.15) is 29.9 Å². The Kier molecular flexibility index (Phi) is 3.15. The van der Waals surface area contributed by atoms with Crippen molar-refractivity contribution in [3.8, 4) is 0 Å². The summed E-state index contributed by atoms with van der Waals surface area (Å²) < 4.78 is 1.07. The average molecular weight is 275 g/mol. The maximum Gasteiger partial charge on any atom is 0.0452 e. The third-order valence-electron chi connectivity index (χ3n) is 2.89. The highest BCUT2D eigenvalue weighted by atomic mass is 79.9. The van der Waals surface area contributed by atoms with Crippen LogP contribution < -0.4 is 5.73 Å². The molecule has 0 fully saturated rings. The Balaban J connectivity index is 2.38. The standard InChI is InChI=1S/C11H13BrClN/c12-8-5-10-7(3-4-14)1-2-9(10)11(13)6-8/h5-7H,1-4,14H2. The highest BCUT2D eigenvalue weighted by Crippen LogP contribution is 2.40. The predicted molar refractivity (Wildman–Crippen MR) is 63.9 cm³/mol. The van der Waals surface area contributed by atoms with Crippen molar-refractivity contribution in [1.82, 2.24) is 0 Å². The maximum atomic E-state index is 6.18. The van der Waals surface area contributed by atoms with Gasteiger partial charge in [-0.25, -0.2) is 0 Å². The smallest absolute Gasteiger partial charge is 0.0452 e. The molecular formula is C11H13BrClN. The van der Waals surface area contributed by atoms with Crippen molar-refractivity contribution in [2.45, 2.75) is 25.2 Å². The van der Waals surface area contributed by atoms with E-state index in [0.29, 0.717) is 5.92 Å². The van der Waals surface area contributed by atoms with Crippen LogP contribution in [0.5, 0.6) is 0 Å². The molecule has 0 radical (unpaired) electrons. The third kappa shape index (κ3) is 1.83. The molecule has 1 unspecified atom stereocenters. The largest absolute Gasteiger partial charge is 0.330 e. The van der Waals surface area contributed by atoms with Crippen molar-refractivity contribution < 1.29 is 0 Å². The zero-order valence-electron chi connectivity index (χ0n) is 7.89. The van der Waals surface area contributed by atoms with E-state index in [1.54, 1.807) is 0 Å². The molecule has 14 heavy (non-hydrogen) atoms. The van der Waals surface area contributed by atoms with Crippen LogP contribution >= 0.6 is 27.5 Å². The summed E-state index contributed by atoms with van der Waals surface area (Å²) in [7, 11) is 0. The Morgan fingerprint density at radius 3 is 3.00 bits per heavy atom. The lowest BCUT2D eigenvalue weighted by molar-refractivity contribution is 0.627. The normalized spacial score (nSPS) is 19.8. The lowest BCUT2D eigenvalue weighted by Gasteiger charge is -2.10. The fourth-order valence-corrected chi connectivity index (χ4v) is 3.15. The van der Waals surface area contributed by atoms with Gasteiger partial charge in [0.15, 0.2) is 0 Å². The minimum Gasteiger partial charge on any atom is -0.330 e. The molecule has 0 bridgehead atoms. The lowest BCUT2D eigenvalue weighted by Crippen LogP contribution is -2.04. The van der Waals surface area contributed by atoms with E-state index in [1.807, 2.05) is 6.07 Å². The minimum atomic E-state index is 0.616. The molecule has 1 aliphatic rings. The molecular weight excluding hydrogens is 261 g/mol. The Labute approximate surface area is 97.8 Å². The molecule has 3 heteroatoms. The van der Waals surface area contributed by atoms with E-state index >= 15 is 0 Å². The van der Waals surface area contributed by atoms with Crippen molar-refractivity contribution in [2.24, 2.45) is 5.73 Å². The zero-order chi connectivity index (χ0) is 10.1. The molecule has 76 valence electrons. The first-order valence-corrected chi connectivity index (χ1v) is 6.07. The summed E-state index contributed by atoms with van der Waals surface area (Å²) in [6.45, 7) is 0.758. The van der Waals surface area contributed by atoms with Crippen LogP contribution in [0.4, 0.5) is 0 Å². The van der Waals surface area contributed by atoms with Gasteiger partial charge in [-0.15, -0.1) is 0 Å². The number of hydrogen-bond donors (Lipinski definition) is 1. The highest BCUT2D eigenvalue weighted by molar-refractivity contribution is 9.10. The van der Waals surface area contributed by atoms with E-state index < -0.39 is 0 Å². The van der Waals surface area contributed by atoms with E-state index in [0.717, 1.165) is 28.9 Å². The van der Waals surface area contributed by atoms with E-state index in [2.05, 4.69) is 22.0 Å². The predicted octanol–water partition coefficient (Wildman–Crippen LogP) is 3.48. The van der Waals surface area contributed by atoms with Gasteiger partial charge in [0, 0.05) is 9.50 Å². The van der Waals surface area contributed by atoms with Gasteiger partial charge >= 0.3 is 0 Å². The summed E-state index contributed by atoms with van der Waals surface area (Å²) in [6, 6.07) is 4.17. The molecule has 0 saturated heterocycles. The van der Waals surface area contributed by atoms with Crippen LogP contribution in [0, 0.1) is 0 Å². The monoisotopic (exact) mass is 273 g/mol. The first-order chi connectivity index (χ1) is 6.72. The number of fused-ring (bicyclic) bond motifs is 1. The molecule has 1 atom stereocenters. The lowest BCUT2D eigenvalue weighted by atomic mass is 9.98. The molecule has 1 aromatic carbocycles. The van der Waals surface area contributed by atoms with Gasteiger partial charge in [0.25, 0.3) is 0 Å². The second kappa shape index (κ2) is 4.21. The van der Waals surface area contributed by atoms with Crippen molar-refractivity contribution in [3.63, 3.8) is 0 Å². The van der Waals surface area contributed by atoms with Gasteiger partial charge in [0.05, 0.1) is 0 Å². The molecule has 0 spiro atoms. The van der Waals surface area contributed by atoms with Crippen molar-refractivity contribution >= 4 is 27.5 Å². The van der Waals surface area contributed by atoms with E-state index in [9.17, 15) is 0 Å². The molecule has 0 amide bonds. The summed E-state index contributed by atoms with van der Waals surface area (Å²) >= 11 is 9.66. The van der Waals surface area contributed by atoms with Crippen LogP contribution in [0.15, 0.2) is 16.6 Å². The van der Waals surface area contributed by atoms with Crippen LogP contribution in [-0.4, -0.2) is 6.54 Å². The molecule has 0 heterocycles. The summed E-state index contributed by atoms with van der Waals surface area (Å²) in [5, 5.41) is 0.897. The van der Waals surface area contributed by atoms with Crippen LogP contribution in [-0.2, 0) is 6.42 Å². The zero-order valence-corrected chi connectivity index (χ0v) is 10.2. The first kappa shape index (κ1) is 10.5. The SMILES string of the molecule is NCCC1CCc2c(Cl)cc(Br)cc21. The number of nitrogens with two attached hydrogens (primary N) is 1. The molecule has 1 aliphatic carbocycles. The van der Waals surface area contributed by atoms with Gasteiger partial charge < -0.3 is 5.73 Å². The number of benzene rings is 1. The molecule has 2 rings (SSSR count). The van der Waals surface area contributed by atoms with E-state index in [1.165, 1.54) is 17.5 Å². The molecule has 0 saturated carbocycles. The maximum absolute atomic E-state index is 6.18. The van der Waals surface area contributed by atoms with Gasteiger partial charge in [0.1, 0.15) is 0 Å². The Bertz CT molecular complexity index is 351. The van der Waals surface area contributed by atoms with Gasteiger partial charge in [-0.05, 0) is 55.0 Å². The van der Waals surface area contributed by atoms with Gasteiger partial charge in [0.2, 0.25) is 0 Å². The van der Waals surface area contributed by atoms with Crippen molar-refractivity contribution in [3.05, 3.63) is 32.8 Å². The second-order valence-electron chi connectivity index (χ2n) is 3.77. The quantitative estimate of drug-likeness (QED) is 0.878. The minimum absolute atomic E-state index is 0.616. The van der Waals surface area contributed by atoms with Crippen LogP contribution in [0.25, 0.3) is 0 Å². The topological polar surface area (TPSA) is 26.0 Å². The van der Waals surface area contributed by atoms with Crippen molar-refractivity contribution in [2.75, 3.05) is 6.54 Å². The molecule has 2 N–H and O–H groups in total. The molecule has 0 aromatic heterocycles. The Hall–Kier alpha value is -0.0500. The Morgan fingerprint density at radius 1 is 1.50 bits per heavy atom. The van der Waals surface area contributed by atoms with Gasteiger partial charge in [-0.3, -0.25) is 0 Å². The average Bonchev–Trinajstić information content (AvgIpc) is 2.49. The first-order valence-electron chi connectivity index (χ1n) is 4.90. The summed E-state index contributed by atoms with van der Waals surface area (Å²) in [5.74, 6) is 0.616. The molecule has 0 aliphatic heterocycles. The van der Waals surface area contributed by atoms with Crippen molar-refractivity contribution in [1.29, 1.82) is 0 Å². The number of hydrogen-bond acceptors (Lipinski definition) is 1. The van der Waals surface area contributed by atoms with E-state index in [4.69, 9.17) is 17.3 Å². The number of halogens is 2.